The molecular weight excluding hydrogens is 204 g/mol. The number of ether oxygens (including phenoxy) is 2. The van der Waals surface area contributed by atoms with Crippen LogP contribution in [0, 0.1) is 0 Å². The molecule has 0 heterocycles. The van der Waals surface area contributed by atoms with E-state index in [1.807, 2.05) is 0 Å². The fraction of sp³-hybridized carbons (Fsp3) is 0.400. The fourth-order valence-corrected chi connectivity index (χ4v) is 1.14. The molecule has 0 saturated heterocycles. The molecule has 0 aliphatic heterocycles. The zero-order valence-corrected chi connectivity index (χ0v) is 8.37. The highest BCUT2D eigenvalue weighted by Gasteiger charge is 2.04. The number of methoxy groups -OCH3 is 1. The first kappa shape index (κ1) is 11.7. The standard InChI is InChI=1S/C10H13F2NO2/c1-14-9-3-2-7(4-8(9)13)5-15-6-10(11)12/h2-4,10H,5-6,13H2,1H3. The van der Waals surface area contributed by atoms with E-state index in [0.717, 1.165) is 5.56 Å². The SMILES string of the molecule is COc1ccc(COCC(F)F)cc1N. The number of benzene rings is 1. The second-order valence-electron chi connectivity index (χ2n) is 2.98. The molecule has 0 aromatic heterocycles. The van der Waals surface area contributed by atoms with Gasteiger partial charge in [-0.25, -0.2) is 8.78 Å². The van der Waals surface area contributed by atoms with Crippen LogP contribution in [0.2, 0.25) is 0 Å². The zero-order chi connectivity index (χ0) is 11.3. The van der Waals surface area contributed by atoms with Crippen LogP contribution < -0.4 is 10.5 Å². The van der Waals surface area contributed by atoms with E-state index in [-0.39, 0.29) is 6.61 Å². The van der Waals surface area contributed by atoms with E-state index in [9.17, 15) is 8.78 Å². The summed E-state index contributed by atoms with van der Waals surface area (Å²) in [5.41, 5.74) is 6.85. The van der Waals surface area contributed by atoms with E-state index in [0.29, 0.717) is 11.4 Å². The van der Waals surface area contributed by atoms with Crippen molar-refractivity contribution in [1.29, 1.82) is 0 Å². The van der Waals surface area contributed by atoms with Gasteiger partial charge in [0, 0.05) is 0 Å². The van der Waals surface area contributed by atoms with Crippen LogP contribution in [0.4, 0.5) is 14.5 Å². The first-order valence-corrected chi connectivity index (χ1v) is 4.41. The fourth-order valence-electron chi connectivity index (χ4n) is 1.14. The van der Waals surface area contributed by atoms with E-state index in [2.05, 4.69) is 0 Å². The van der Waals surface area contributed by atoms with Crippen LogP contribution in [-0.2, 0) is 11.3 Å². The smallest absolute Gasteiger partial charge is 0.261 e. The van der Waals surface area contributed by atoms with Crippen LogP contribution in [0.25, 0.3) is 0 Å². The molecular formula is C10H13F2NO2. The van der Waals surface area contributed by atoms with Crippen molar-refractivity contribution in [2.75, 3.05) is 19.5 Å². The first-order valence-electron chi connectivity index (χ1n) is 4.41. The van der Waals surface area contributed by atoms with Crippen LogP contribution in [0.15, 0.2) is 18.2 Å². The normalized spacial score (nSPS) is 10.7. The predicted octanol–water partition coefficient (Wildman–Crippen LogP) is 2.06. The van der Waals surface area contributed by atoms with Gasteiger partial charge in [0.25, 0.3) is 6.43 Å². The highest BCUT2D eigenvalue weighted by molar-refractivity contribution is 5.54. The molecule has 15 heavy (non-hydrogen) atoms. The van der Waals surface area contributed by atoms with Gasteiger partial charge in [-0.15, -0.1) is 0 Å². The summed E-state index contributed by atoms with van der Waals surface area (Å²) in [6.45, 7) is -0.440. The Labute approximate surface area is 86.8 Å². The molecule has 0 atom stereocenters. The Morgan fingerprint density at radius 1 is 1.40 bits per heavy atom. The number of hydrogen-bond donors (Lipinski definition) is 1. The zero-order valence-electron chi connectivity index (χ0n) is 8.37. The van der Waals surface area contributed by atoms with Gasteiger partial charge in [0.2, 0.25) is 0 Å². The van der Waals surface area contributed by atoms with Crippen molar-refractivity contribution in [2.24, 2.45) is 0 Å². The minimum Gasteiger partial charge on any atom is -0.495 e. The molecule has 0 unspecified atom stereocenters. The molecule has 1 rings (SSSR count). The van der Waals surface area contributed by atoms with Gasteiger partial charge in [-0.1, -0.05) is 6.07 Å². The Kier molecular flexibility index (Phi) is 4.30. The van der Waals surface area contributed by atoms with Crippen molar-refractivity contribution in [3.8, 4) is 5.75 Å². The lowest BCUT2D eigenvalue weighted by Gasteiger charge is -2.07. The van der Waals surface area contributed by atoms with Crippen LogP contribution in [0.3, 0.4) is 0 Å². The molecule has 0 radical (unpaired) electrons. The summed E-state index contributed by atoms with van der Waals surface area (Å²) in [6, 6.07) is 5.04. The number of hydrogen-bond acceptors (Lipinski definition) is 3. The number of anilines is 1. The molecule has 0 aliphatic rings. The van der Waals surface area contributed by atoms with Crippen molar-refractivity contribution in [3.63, 3.8) is 0 Å². The Balaban J connectivity index is 2.52. The molecule has 0 fully saturated rings. The second kappa shape index (κ2) is 5.50. The van der Waals surface area contributed by atoms with Crippen LogP contribution in [0.1, 0.15) is 5.56 Å². The van der Waals surface area contributed by atoms with Crippen molar-refractivity contribution >= 4 is 5.69 Å². The molecule has 1 aromatic carbocycles. The molecule has 0 aliphatic carbocycles. The topological polar surface area (TPSA) is 44.5 Å². The molecule has 3 nitrogen and oxygen atoms in total. The number of rotatable bonds is 5. The molecule has 0 spiro atoms. The maximum absolute atomic E-state index is 11.8. The van der Waals surface area contributed by atoms with Gasteiger partial charge in [-0.2, -0.15) is 0 Å². The molecule has 84 valence electrons. The number of alkyl halides is 2. The summed E-state index contributed by atoms with van der Waals surface area (Å²) in [7, 11) is 1.51. The minimum atomic E-state index is -2.44. The number of nitrogen functional groups attached to an aromatic ring is 1. The Bertz CT molecular complexity index is 318. The third-order valence-electron chi connectivity index (χ3n) is 1.81. The summed E-state index contributed by atoms with van der Waals surface area (Å²) in [5, 5.41) is 0. The van der Waals surface area contributed by atoms with Crippen molar-refractivity contribution in [3.05, 3.63) is 23.8 Å². The first-order chi connectivity index (χ1) is 7.13. The highest BCUT2D eigenvalue weighted by atomic mass is 19.3. The van der Waals surface area contributed by atoms with Gasteiger partial charge in [0.1, 0.15) is 12.4 Å². The number of halogens is 2. The summed E-state index contributed by atoms with van der Waals surface area (Å²) in [5.74, 6) is 0.563. The monoisotopic (exact) mass is 217 g/mol. The second-order valence-corrected chi connectivity index (χ2v) is 2.98. The quantitative estimate of drug-likeness (QED) is 0.768. The van der Waals surface area contributed by atoms with Gasteiger partial charge in [0.15, 0.2) is 0 Å². The van der Waals surface area contributed by atoms with Gasteiger partial charge in [-0.05, 0) is 17.7 Å². The van der Waals surface area contributed by atoms with Crippen LogP contribution >= 0.6 is 0 Å². The highest BCUT2D eigenvalue weighted by Crippen LogP contribution is 2.22. The summed E-state index contributed by atoms with van der Waals surface area (Å²) in [4.78, 5) is 0. The lowest BCUT2D eigenvalue weighted by atomic mass is 10.2. The van der Waals surface area contributed by atoms with Gasteiger partial charge in [-0.3, -0.25) is 0 Å². The molecule has 2 N–H and O–H groups in total. The summed E-state index contributed by atoms with van der Waals surface area (Å²) in [6.07, 6.45) is -2.44. The summed E-state index contributed by atoms with van der Waals surface area (Å²) < 4.78 is 33.3. The van der Waals surface area contributed by atoms with Crippen molar-refractivity contribution in [1.82, 2.24) is 0 Å². The van der Waals surface area contributed by atoms with Crippen molar-refractivity contribution < 1.29 is 18.3 Å². The Morgan fingerprint density at radius 3 is 2.67 bits per heavy atom. The molecule has 0 bridgehead atoms. The lowest BCUT2D eigenvalue weighted by molar-refractivity contribution is 0.00988. The summed E-state index contributed by atoms with van der Waals surface area (Å²) >= 11 is 0. The minimum absolute atomic E-state index is 0.124. The third kappa shape index (κ3) is 3.71. The van der Waals surface area contributed by atoms with Crippen LogP contribution in [-0.4, -0.2) is 20.1 Å². The van der Waals surface area contributed by atoms with Gasteiger partial charge in [0.05, 0.1) is 19.4 Å². The van der Waals surface area contributed by atoms with E-state index in [4.69, 9.17) is 15.2 Å². The van der Waals surface area contributed by atoms with Gasteiger partial charge >= 0.3 is 0 Å². The van der Waals surface area contributed by atoms with E-state index < -0.39 is 13.0 Å². The lowest BCUT2D eigenvalue weighted by Crippen LogP contribution is -2.04. The largest absolute Gasteiger partial charge is 0.495 e. The maximum atomic E-state index is 11.8. The molecule has 5 heteroatoms. The number of nitrogens with two attached hydrogens (primary N) is 1. The maximum Gasteiger partial charge on any atom is 0.261 e. The van der Waals surface area contributed by atoms with Gasteiger partial charge < -0.3 is 15.2 Å². The average molecular weight is 217 g/mol. The molecule has 1 aromatic rings. The third-order valence-corrected chi connectivity index (χ3v) is 1.81. The predicted molar refractivity (Wildman–Crippen MR) is 53.1 cm³/mol. The molecule has 0 amide bonds. The van der Waals surface area contributed by atoms with Crippen LogP contribution in [0.5, 0.6) is 5.75 Å². The van der Waals surface area contributed by atoms with E-state index in [1.165, 1.54) is 7.11 Å². The van der Waals surface area contributed by atoms with E-state index in [1.54, 1.807) is 18.2 Å². The van der Waals surface area contributed by atoms with Crippen molar-refractivity contribution in [2.45, 2.75) is 13.0 Å². The van der Waals surface area contributed by atoms with E-state index >= 15 is 0 Å². The molecule has 0 saturated carbocycles. The average Bonchev–Trinajstić information content (AvgIpc) is 2.17. The Hall–Kier alpha value is -1.36. The Morgan fingerprint density at radius 2 is 2.13 bits per heavy atom.